The Morgan fingerprint density at radius 1 is 0.812 bits per heavy atom. The second-order valence-corrected chi connectivity index (χ2v) is 3.85. The molecule has 0 amide bonds. The number of rotatable bonds is 11. The van der Waals surface area contributed by atoms with E-state index in [1.165, 1.54) is 0 Å². The molecular formula is C10H24F2N4. The Morgan fingerprint density at radius 3 is 1.81 bits per heavy atom. The van der Waals surface area contributed by atoms with Crippen molar-refractivity contribution < 1.29 is 8.78 Å². The molecule has 16 heavy (non-hydrogen) atoms. The molecule has 0 unspecified atom stereocenters. The molecule has 0 radical (unpaired) electrons. The van der Waals surface area contributed by atoms with Crippen molar-refractivity contribution in [1.29, 1.82) is 0 Å². The van der Waals surface area contributed by atoms with E-state index >= 15 is 0 Å². The summed E-state index contributed by atoms with van der Waals surface area (Å²) in [5.74, 6) is -2.70. The lowest BCUT2D eigenvalue weighted by molar-refractivity contribution is 0.00348. The second-order valence-electron chi connectivity index (χ2n) is 3.85. The quantitative estimate of drug-likeness (QED) is 0.379. The van der Waals surface area contributed by atoms with Crippen LogP contribution in [0.1, 0.15) is 19.3 Å². The van der Waals surface area contributed by atoms with Crippen LogP contribution in [0.3, 0.4) is 0 Å². The van der Waals surface area contributed by atoms with Crippen LogP contribution in [0.15, 0.2) is 0 Å². The van der Waals surface area contributed by atoms with Crippen LogP contribution in [0.25, 0.3) is 0 Å². The predicted octanol–water partition coefficient (Wildman–Crippen LogP) is -0.111. The average molecular weight is 238 g/mol. The van der Waals surface area contributed by atoms with Gasteiger partial charge in [0.05, 0.1) is 13.1 Å². The van der Waals surface area contributed by atoms with Crippen molar-refractivity contribution in [2.24, 2.45) is 11.5 Å². The van der Waals surface area contributed by atoms with E-state index in [-0.39, 0.29) is 13.1 Å². The van der Waals surface area contributed by atoms with Gasteiger partial charge >= 0.3 is 0 Å². The van der Waals surface area contributed by atoms with Gasteiger partial charge in [0, 0.05) is 0 Å². The third-order valence-corrected chi connectivity index (χ3v) is 2.13. The normalized spacial score (nSPS) is 12.0. The molecule has 0 rings (SSSR count). The number of halogens is 2. The van der Waals surface area contributed by atoms with Gasteiger partial charge in [-0.15, -0.1) is 0 Å². The molecule has 0 aromatic carbocycles. The maximum atomic E-state index is 13.2. The fourth-order valence-corrected chi connectivity index (χ4v) is 1.23. The molecule has 0 bridgehead atoms. The van der Waals surface area contributed by atoms with Crippen molar-refractivity contribution in [3.63, 3.8) is 0 Å². The Balaban J connectivity index is 3.38. The number of hydrogen-bond donors (Lipinski definition) is 4. The van der Waals surface area contributed by atoms with Crippen molar-refractivity contribution in [3.8, 4) is 0 Å². The van der Waals surface area contributed by atoms with Gasteiger partial charge in [0.1, 0.15) is 0 Å². The van der Waals surface area contributed by atoms with Gasteiger partial charge in [-0.1, -0.05) is 0 Å². The molecular weight excluding hydrogens is 214 g/mol. The summed E-state index contributed by atoms with van der Waals surface area (Å²) in [6, 6.07) is 0. The smallest absolute Gasteiger partial charge is 0.272 e. The first-order chi connectivity index (χ1) is 7.62. The first-order valence-electron chi connectivity index (χ1n) is 5.82. The maximum absolute atomic E-state index is 13.2. The van der Waals surface area contributed by atoms with Crippen molar-refractivity contribution in [2.75, 3.05) is 39.3 Å². The minimum absolute atomic E-state index is 0.285. The summed E-state index contributed by atoms with van der Waals surface area (Å²) < 4.78 is 26.4. The molecule has 0 heterocycles. The van der Waals surface area contributed by atoms with Crippen LogP contribution in [0, 0.1) is 0 Å². The van der Waals surface area contributed by atoms with Crippen LogP contribution >= 0.6 is 0 Å². The number of alkyl halides is 2. The molecule has 0 aliphatic heterocycles. The molecule has 0 saturated carbocycles. The van der Waals surface area contributed by atoms with E-state index in [2.05, 4.69) is 10.6 Å². The summed E-state index contributed by atoms with van der Waals surface area (Å²) in [6.45, 7) is 1.69. The van der Waals surface area contributed by atoms with Gasteiger partial charge in [-0.25, -0.2) is 8.78 Å². The lowest BCUT2D eigenvalue weighted by Crippen LogP contribution is -2.42. The molecule has 4 nitrogen and oxygen atoms in total. The zero-order valence-corrected chi connectivity index (χ0v) is 9.77. The number of nitrogens with one attached hydrogen (secondary N) is 2. The van der Waals surface area contributed by atoms with Gasteiger partial charge in [0.15, 0.2) is 0 Å². The topological polar surface area (TPSA) is 76.1 Å². The van der Waals surface area contributed by atoms with E-state index in [1.54, 1.807) is 0 Å². The van der Waals surface area contributed by atoms with Crippen LogP contribution in [-0.2, 0) is 0 Å². The first kappa shape index (κ1) is 15.7. The van der Waals surface area contributed by atoms with Gasteiger partial charge < -0.3 is 22.1 Å². The highest BCUT2D eigenvalue weighted by molar-refractivity contribution is 4.72. The Kier molecular flexibility index (Phi) is 9.71. The van der Waals surface area contributed by atoms with Crippen molar-refractivity contribution in [1.82, 2.24) is 10.6 Å². The summed E-state index contributed by atoms with van der Waals surface area (Å²) in [6.07, 6.45) is 2.43. The van der Waals surface area contributed by atoms with Crippen LogP contribution in [0.4, 0.5) is 8.78 Å². The summed E-state index contributed by atoms with van der Waals surface area (Å²) in [4.78, 5) is 0. The average Bonchev–Trinajstić information content (AvgIpc) is 2.24. The standard InChI is InChI=1S/C10H24F2N4/c11-10(12,9-16-7-3-5-14)8-15-6-2-1-4-13/h15-16H,1-9,13-14H2. The van der Waals surface area contributed by atoms with E-state index < -0.39 is 5.92 Å². The van der Waals surface area contributed by atoms with Crippen LogP contribution in [0.5, 0.6) is 0 Å². The third kappa shape index (κ3) is 10.2. The zero-order valence-electron chi connectivity index (χ0n) is 9.77. The number of hydrogen-bond acceptors (Lipinski definition) is 4. The Bertz CT molecular complexity index is 156. The molecule has 0 aromatic rings. The van der Waals surface area contributed by atoms with E-state index in [9.17, 15) is 8.78 Å². The fraction of sp³-hybridized carbons (Fsp3) is 1.00. The molecule has 0 aliphatic carbocycles. The summed E-state index contributed by atoms with van der Waals surface area (Å²) in [5.41, 5.74) is 10.5. The Labute approximate surface area is 96.1 Å². The predicted molar refractivity (Wildman–Crippen MR) is 62.6 cm³/mol. The lowest BCUT2D eigenvalue weighted by atomic mass is 10.3. The third-order valence-electron chi connectivity index (χ3n) is 2.13. The second kappa shape index (κ2) is 9.89. The first-order valence-corrected chi connectivity index (χ1v) is 5.82. The molecule has 0 saturated heterocycles. The van der Waals surface area contributed by atoms with Crippen LogP contribution in [-0.4, -0.2) is 45.2 Å². The lowest BCUT2D eigenvalue weighted by Gasteiger charge is -2.17. The van der Waals surface area contributed by atoms with Crippen LogP contribution in [0.2, 0.25) is 0 Å². The van der Waals surface area contributed by atoms with Gasteiger partial charge in [-0.2, -0.15) is 0 Å². The van der Waals surface area contributed by atoms with E-state index in [1.807, 2.05) is 0 Å². The molecule has 0 aliphatic rings. The van der Waals surface area contributed by atoms with Crippen molar-refractivity contribution >= 4 is 0 Å². The maximum Gasteiger partial charge on any atom is 0.272 e. The molecule has 0 aromatic heterocycles. The van der Waals surface area contributed by atoms with Crippen molar-refractivity contribution in [3.05, 3.63) is 0 Å². The summed E-state index contributed by atoms with van der Waals surface area (Å²) in [7, 11) is 0. The van der Waals surface area contributed by atoms with Gasteiger partial charge in [0.25, 0.3) is 5.92 Å². The number of unbranched alkanes of at least 4 members (excludes halogenated alkanes) is 1. The molecule has 98 valence electrons. The van der Waals surface area contributed by atoms with E-state index in [0.29, 0.717) is 26.2 Å². The van der Waals surface area contributed by atoms with Gasteiger partial charge in [0.2, 0.25) is 0 Å². The molecule has 0 spiro atoms. The highest BCUT2D eigenvalue weighted by Gasteiger charge is 2.27. The summed E-state index contributed by atoms with van der Waals surface area (Å²) >= 11 is 0. The molecule has 6 heteroatoms. The minimum atomic E-state index is -2.70. The largest absolute Gasteiger partial charge is 0.330 e. The molecule has 0 atom stereocenters. The Morgan fingerprint density at radius 2 is 1.31 bits per heavy atom. The van der Waals surface area contributed by atoms with Gasteiger partial charge in [-0.05, 0) is 45.4 Å². The summed E-state index contributed by atoms with van der Waals surface area (Å²) in [5, 5.41) is 5.42. The zero-order chi connectivity index (χ0) is 12.3. The van der Waals surface area contributed by atoms with E-state index in [0.717, 1.165) is 19.3 Å². The van der Waals surface area contributed by atoms with Crippen LogP contribution < -0.4 is 22.1 Å². The SMILES string of the molecule is NCCCCNCC(F)(F)CNCCCN. The van der Waals surface area contributed by atoms with E-state index in [4.69, 9.17) is 11.5 Å². The van der Waals surface area contributed by atoms with Crippen molar-refractivity contribution in [2.45, 2.75) is 25.2 Å². The van der Waals surface area contributed by atoms with Gasteiger partial charge in [-0.3, -0.25) is 0 Å². The molecule has 6 N–H and O–H groups in total. The number of nitrogens with two attached hydrogens (primary N) is 2. The molecule has 0 fully saturated rings. The highest BCUT2D eigenvalue weighted by atomic mass is 19.3. The highest BCUT2D eigenvalue weighted by Crippen LogP contribution is 2.09. The minimum Gasteiger partial charge on any atom is -0.330 e. The Hall–Kier alpha value is -0.300. The fourth-order valence-electron chi connectivity index (χ4n) is 1.23. The monoisotopic (exact) mass is 238 g/mol.